The fraction of sp³-hybridized carbons (Fsp3) is 0.458. The van der Waals surface area contributed by atoms with E-state index in [1.165, 1.54) is 17.3 Å². The van der Waals surface area contributed by atoms with Crippen molar-refractivity contribution in [2.75, 3.05) is 50.0 Å². The average molecular weight is 466 g/mol. The van der Waals surface area contributed by atoms with Crippen molar-refractivity contribution in [1.29, 1.82) is 0 Å². The fourth-order valence-electron chi connectivity index (χ4n) is 3.65. The van der Waals surface area contributed by atoms with Gasteiger partial charge in [0.25, 0.3) is 0 Å². The first-order valence-electron chi connectivity index (χ1n) is 11.3. The molecule has 0 saturated carbocycles. The second kappa shape index (κ2) is 10.4. The summed E-state index contributed by atoms with van der Waals surface area (Å²) in [5.41, 5.74) is 2.31. The number of rotatable bonds is 7. The molecule has 0 bridgehead atoms. The number of Topliss-reactive ketones (excluding diaryl/α,β-unsaturated/α-hetero) is 1. The highest BCUT2D eigenvalue weighted by Gasteiger charge is 2.20. The lowest BCUT2D eigenvalue weighted by Crippen LogP contribution is -2.45. The zero-order valence-corrected chi connectivity index (χ0v) is 20.5. The highest BCUT2D eigenvalue weighted by molar-refractivity contribution is 7.99. The number of aromatic nitrogens is 3. The van der Waals surface area contributed by atoms with Crippen molar-refractivity contribution < 1.29 is 4.79 Å². The zero-order valence-electron chi connectivity index (χ0n) is 19.7. The first-order valence-corrected chi connectivity index (χ1v) is 12.1. The second-order valence-electron chi connectivity index (χ2n) is 8.86. The summed E-state index contributed by atoms with van der Waals surface area (Å²) >= 11 is 1.49. The van der Waals surface area contributed by atoms with Gasteiger partial charge in [0.2, 0.25) is 11.9 Å². The molecule has 9 heteroatoms. The number of hydrogen-bond acceptors (Lipinski definition) is 9. The quantitative estimate of drug-likeness (QED) is 0.667. The molecule has 4 rings (SSSR count). The summed E-state index contributed by atoms with van der Waals surface area (Å²) in [7, 11) is 2.13. The van der Waals surface area contributed by atoms with E-state index in [1.807, 2.05) is 24.3 Å². The molecule has 2 aliphatic heterocycles. The summed E-state index contributed by atoms with van der Waals surface area (Å²) in [4.78, 5) is 35.6. The Morgan fingerprint density at radius 1 is 1.09 bits per heavy atom. The predicted octanol–water partition coefficient (Wildman–Crippen LogP) is 3.31. The summed E-state index contributed by atoms with van der Waals surface area (Å²) in [6.45, 7) is 10.4. The summed E-state index contributed by atoms with van der Waals surface area (Å²) in [6.07, 6.45) is 2.54. The number of piperazine rings is 1. The Kier molecular flexibility index (Phi) is 7.39. The lowest BCUT2D eigenvalue weighted by atomic mass is 10.0. The van der Waals surface area contributed by atoms with Gasteiger partial charge < -0.3 is 15.1 Å². The van der Waals surface area contributed by atoms with Gasteiger partial charge in [0, 0.05) is 37.5 Å². The van der Waals surface area contributed by atoms with Gasteiger partial charge in [0.1, 0.15) is 11.6 Å². The number of amidine groups is 1. The summed E-state index contributed by atoms with van der Waals surface area (Å²) in [5, 5.41) is 3.93. The largest absolute Gasteiger partial charge is 0.338 e. The van der Waals surface area contributed by atoms with E-state index in [4.69, 9.17) is 9.97 Å². The van der Waals surface area contributed by atoms with Crippen LogP contribution in [0.5, 0.6) is 0 Å². The van der Waals surface area contributed by atoms with Gasteiger partial charge in [-0.05, 0) is 61.0 Å². The number of ketones is 1. The smallest absolute Gasteiger partial charge is 0.234 e. The molecule has 8 nitrogen and oxygen atoms in total. The lowest BCUT2D eigenvalue weighted by Gasteiger charge is -2.32. The van der Waals surface area contributed by atoms with E-state index in [1.54, 1.807) is 6.92 Å². The number of carbonyl (C=O) groups excluding carboxylic acids is 1. The van der Waals surface area contributed by atoms with Crippen LogP contribution in [0.1, 0.15) is 26.3 Å². The normalized spacial score (nSPS) is 16.7. The Labute approximate surface area is 199 Å². The monoisotopic (exact) mass is 465 g/mol. The molecule has 1 aromatic heterocycles. The van der Waals surface area contributed by atoms with Gasteiger partial charge in [-0.25, -0.2) is 0 Å². The van der Waals surface area contributed by atoms with E-state index in [2.05, 4.69) is 52.1 Å². The van der Waals surface area contributed by atoms with E-state index < -0.39 is 0 Å². The number of nitrogens with zero attached hydrogens (tertiary/aromatic N) is 6. The third-order valence-corrected chi connectivity index (χ3v) is 6.58. The topological polar surface area (TPSA) is 86.6 Å². The summed E-state index contributed by atoms with van der Waals surface area (Å²) < 4.78 is 0. The molecule has 0 unspecified atom stereocenters. The van der Waals surface area contributed by atoms with Crippen molar-refractivity contribution in [3.63, 3.8) is 0 Å². The number of likely N-dealkylation sites (N-methyl/N-ethyl adjacent to an activating group) is 1. The molecule has 1 N–H and O–H groups in total. The minimum atomic E-state index is 0.157. The maximum Gasteiger partial charge on any atom is 0.234 e. The van der Waals surface area contributed by atoms with Crippen LogP contribution in [0.3, 0.4) is 0 Å². The SMILES string of the molecule is CC(=O)Cc1ccc(Sc2nc(NC3=NCC(C(C)C)=C3)nc(N3CCN(C)CC3)n2)cc1. The first kappa shape index (κ1) is 23.4. The van der Waals surface area contributed by atoms with E-state index >= 15 is 0 Å². The fourth-order valence-corrected chi connectivity index (χ4v) is 4.39. The number of aliphatic imine (C=N–C) groups is 1. The van der Waals surface area contributed by atoms with Gasteiger partial charge in [0.05, 0.1) is 6.54 Å². The molecule has 1 saturated heterocycles. The lowest BCUT2D eigenvalue weighted by molar-refractivity contribution is -0.116. The van der Waals surface area contributed by atoms with Crippen molar-refractivity contribution in [2.45, 2.75) is 37.2 Å². The summed E-state index contributed by atoms with van der Waals surface area (Å²) in [5.74, 6) is 2.60. The Morgan fingerprint density at radius 3 is 2.45 bits per heavy atom. The van der Waals surface area contributed by atoms with Gasteiger partial charge in [-0.1, -0.05) is 26.0 Å². The number of carbonyl (C=O) groups is 1. The molecule has 0 aliphatic carbocycles. The highest BCUT2D eigenvalue weighted by Crippen LogP contribution is 2.28. The van der Waals surface area contributed by atoms with Gasteiger partial charge in [-0.2, -0.15) is 15.0 Å². The number of hydrogen-bond donors (Lipinski definition) is 1. The van der Waals surface area contributed by atoms with Crippen LogP contribution in [0.15, 0.2) is 51.0 Å². The van der Waals surface area contributed by atoms with E-state index in [0.29, 0.717) is 35.9 Å². The summed E-state index contributed by atoms with van der Waals surface area (Å²) in [6, 6.07) is 7.98. The zero-order chi connectivity index (χ0) is 23.4. The van der Waals surface area contributed by atoms with Crippen molar-refractivity contribution in [3.05, 3.63) is 41.5 Å². The molecule has 0 radical (unpaired) electrons. The van der Waals surface area contributed by atoms with E-state index in [0.717, 1.165) is 42.5 Å². The molecule has 1 fully saturated rings. The maximum atomic E-state index is 11.4. The Balaban J connectivity index is 1.56. The van der Waals surface area contributed by atoms with Crippen molar-refractivity contribution >= 4 is 35.3 Å². The molecule has 0 spiro atoms. The number of anilines is 2. The van der Waals surface area contributed by atoms with Gasteiger partial charge in [0.15, 0.2) is 5.16 Å². The first-order chi connectivity index (χ1) is 15.9. The molecule has 0 amide bonds. The van der Waals surface area contributed by atoms with E-state index in [-0.39, 0.29) is 5.78 Å². The third kappa shape index (κ3) is 6.39. The molecule has 3 heterocycles. The van der Waals surface area contributed by atoms with Crippen LogP contribution in [0.25, 0.3) is 0 Å². The molecule has 174 valence electrons. The molecular formula is C24H31N7OS. The molecule has 2 aliphatic rings. The Morgan fingerprint density at radius 2 is 1.82 bits per heavy atom. The van der Waals surface area contributed by atoms with Gasteiger partial charge >= 0.3 is 0 Å². The number of nitrogens with one attached hydrogen (secondary N) is 1. The molecule has 33 heavy (non-hydrogen) atoms. The van der Waals surface area contributed by atoms with Crippen molar-refractivity contribution in [3.8, 4) is 0 Å². The highest BCUT2D eigenvalue weighted by atomic mass is 32.2. The standard InChI is InChI=1S/C24H31N7OS/c1-16(2)19-14-21(25-15-19)26-22-27-23(31-11-9-30(4)10-12-31)29-24(28-22)33-20-7-5-18(6-8-20)13-17(3)32/h5-8,14,16H,9-13,15H2,1-4H3,(H,25,26,27,28,29). The van der Waals surface area contributed by atoms with Crippen LogP contribution in [-0.2, 0) is 11.2 Å². The van der Waals surface area contributed by atoms with Gasteiger partial charge in [-0.3, -0.25) is 9.79 Å². The van der Waals surface area contributed by atoms with Crippen molar-refractivity contribution in [1.82, 2.24) is 19.9 Å². The molecule has 0 atom stereocenters. The van der Waals surface area contributed by atoms with Crippen LogP contribution in [0, 0.1) is 5.92 Å². The second-order valence-corrected chi connectivity index (χ2v) is 9.90. The van der Waals surface area contributed by atoms with Crippen LogP contribution < -0.4 is 10.2 Å². The van der Waals surface area contributed by atoms with Gasteiger partial charge in [-0.15, -0.1) is 0 Å². The Bertz CT molecular complexity index is 1060. The van der Waals surface area contributed by atoms with Crippen LogP contribution >= 0.6 is 11.8 Å². The minimum Gasteiger partial charge on any atom is -0.338 e. The van der Waals surface area contributed by atoms with Crippen LogP contribution in [0.4, 0.5) is 11.9 Å². The minimum absolute atomic E-state index is 0.157. The predicted molar refractivity (Wildman–Crippen MR) is 133 cm³/mol. The molecule has 1 aromatic carbocycles. The molecular weight excluding hydrogens is 434 g/mol. The maximum absolute atomic E-state index is 11.4. The van der Waals surface area contributed by atoms with Crippen LogP contribution in [-0.4, -0.2) is 71.2 Å². The van der Waals surface area contributed by atoms with Crippen molar-refractivity contribution in [2.24, 2.45) is 10.9 Å². The average Bonchev–Trinajstić information content (AvgIpc) is 3.24. The third-order valence-electron chi connectivity index (χ3n) is 5.71. The van der Waals surface area contributed by atoms with E-state index in [9.17, 15) is 4.79 Å². The number of benzene rings is 1. The van der Waals surface area contributed by atoms with Crippen LogP contribution in [0.2, 0.25) is 0 Å². The Hall–Kier alpha value is -2.78. The molecule has 2 aromatic rings.